The number of halogens is 1. The molecule has 3 amide bonds. The molecule has 1 fully saturated rings. The standard InChI is InChI=1S/C32H26N4O3S2.ClH/c37-27-14-15-28(38)36(27)22-12-10-21(11-13-22)30(39)34-32-29(31-33-24-8-4-5-9-25(24)40-31)23-16-17-35(19-26(23)41-32)18-20-6-2-1-3-7-20;/h1-13H,14-19H2,(H,34,39);1H. The molecule has 0 aliphatic carbocycles. The molecule has 10 heteroatoms. The first kappa shape index (κ1) is 28.2. The van der Waals surface area contributed by atoms with Gasteiger partial charge in [-0.1, -0.05) is 42.5 Å². The fraction of sp³-hybridized carbons (Fsp3) is 0.188. The predicted molar refractivity (Wildman–Crippen MR) is 171 cm³/mol. The molecule has 42 heavy (non-hydrogen) atoms. The Hall–Kier alpha value is -3.89. The molecule has 0 unspecified atom stereocenters. The largest absolute Gasteiger partial charge is 0.313 e. The summed E-state index contributed by atoms with van der Waals surface area (Å²) in [6.07, 6.45) is 1.33. The van der Waals surface area contributed by atoms with Gasteiger partial charge in [-0.3, -0.25) is 24.2 Å². The highest BCUT2D eigenvalue weighted by atomic mass is 35.5. The molecule has 3 aromatic carbocycles. The van der Waals surface area contributed by atoms with E-state index in [-0.39, 0.29) is 43.0 Å². The topological polar surface area (TPSA) is 82.6 Å². The Morgan fingerprint density at radius 3 is 2.31 bits per heavy atom. The van der Waals surface area contributed by atoms with Crippen LogP contribution >= 0.6 is 35.1 Å². The lowest BCUT2D eigenvalue weighted by Crippen LogP contribution is -2.29. The highest BCUT2D eigenvalue weighted by Gasteiger charge is 2.31. The molecular formula is C32H27ClN4O3S2. The van der Waals surface area contributed by atoms with E-state index in [2.05, 4.69) is 40.5 Å². The van der Waals surface area contributed by atoms with Gasteiger partial charge in [0.15, 0.2) is 0 Å². The molecule has 1 N–H and O–H groups in total. The van der Waals surface area contributed by atoms with Crippen LogP contribution in [0.3, 0.4) is 0 Å². The minimum Gasteiger partial charge on any atom is -0.313 e. The van der Waals surface area contributed by atoms with Crippen LogP contribution in [0.5, 0.6) is 0 Å². The van der Waals surface area contributed by atoms with Crippen molar-refractivity contribution in [2.75, 3.05) is 16.8 Å². The van der Waals surface area contributed by atoms with Gasteiger partial charge in [-0.15, -0.1) is 35.1 Å². The first-order valence-corrected chi connectivity index (χ1v) is 15.2. The Balaban J connectivity index is 0.00000316. The van der Waals surface area contributed by atoms with Crippen molar-refractivity contribution in [1.82, 2.24) is 9.88 Å². The van der Waals surface area contributed by atoms with E-state index in [1.54, 1.807) is 46.9 Å². The first-order chi connectivity index (χ1) is 20.0. The van der Waals surface area contributed by atoms with Crippen molar-refractivity contribution in [3.05, 3.63) is 100 Å². The molecular weight excluding hydrogens is 588 g/mol. The van der Waals surface area contributed by atoms with Crippen LogP contribution in [-0.4, -0.2) is 34.2 Å². The number of hydrogen-bond donors (Lipinski definition) is 1. The third kappa shape index (κ3) is 5.36. The summed E-state index contributed by atoms with van der Waals surface area (Å²) in [5.41, 5.74) is 5.47. The molecule has 0 atom stereocenters. The molecule has 0 radical (unpaired) electrons. The SMILES string of the molecule is Cl.O=C(Nc1sc2c(c1-c1nc3ccccc3s1)CCN(Cc1ccccc1)C2)c1ccc(N2C(=O)CCC2=O)cc1. The molecule has 0 saturated carbocycles. The van der Waals surface area contributed by atoms with Crippen LogP contribution in [0.1, 0.15) is 39.2 Å². The van der Waals surface area contributed by atoms with Crippen molar-refractivity contribution in [3.8, 4) is 10.6 Å². The van der Waals surface area contributed by atoms with Gasteiger partial charge in [0, 0.05) is 48.5 Å². The maximum Gasteiger partial charge on any atom is 0.256 e. The van der Waals surface area contributed by atoms with E-state index < -0.39 is 0 Å². The van der Waals surface area contributed by atoms with Crippen LogP contribution in [0.4, 0.5) is 10.7 Å². The lowest BCUT2D eigenvalue weighted by molar-refractivity contribution is -0.121. The summed E-state index contributed by atoms with van der Waals surface area (Å²) >= 11 is 3.27. The second-order valence-corrected chi connectivity index (χ2v) is 12.4. The van der Waals surface area contributed by atoms with E-state index >= 15 is 0 Å². The van der Waals surface area contributed by atoms with E-state index in [1.165, 1.54) is 20.9 Å². The maximum absolute atomic E-state index is 13.5. The van der Waals surface area contributed by atoms with Crippen LogP contribution < -0.4 is 10.2 Å². The first-order valence-electron chi connectivity index (χ1n) is 13.6. The molecule has 2 aromatic heterocycles. The van der Waals surface area contributed by atoms with Gasteiger partial charge in [0.05, 0.1) is 15.9 Å². The highest BCUT2D eigenvalue weighted by Crippen LogP contribution is 2.46. The number of para-hydroxylation sites is 1. The van der Waals surface area contributed by atoms with Gasteiger partial charge in [0.25, 0.3) is 5.91 Å². The van der Waals surface area contributed by atoms with Gasteiger partial charge >= 0.3 is 0 Å². The molecule has 7 rings (SSSR count). The molecule has 212 valence electrons. The zero-order valence-corrected chi connectivity index (χ0v) is 25.0. The highest BCUT2D eigenvalue weighted by molar-refractivity contribution is 7.23. The van der Waals surface area contributed by atoms with Crippen molar-refractivity contribution in [1.29, 1.82) is 0 Å². The summed E-state index contributed by atoms with van der Waals surface area (Å²) in [6, 6.07) is 25.2. The number of rotatable bonds is 6. The molecule has 7 nitrogen and oxygen atoms in total. The summed E-state index contributed by atoms with van der Waals surface area (Å²) in [6.45, 7) is 2.62. The van der Waals surface area contributed by atoms with Crippen LogP contribution in [0, 0.1) is 0 Å². The number of anilines is 2. The average molecular weight is 615 g/mol. The molecule has 4 heterocycles. The zero-order chi connectivity index (χ0) is 27.9. The molecule has 0 bridgehead atoms. The average Bonchev–Trinajstić information content (AvgIpc) is 3.67. The molecule has 2 aliphatic heterocycles. The van der Waals surface area contributed by atoms with E-state index in [0.717, 1.165) is 51.8 Å². The van der Waals surface area contributed by atoms with Gasteiger partial charge in [0.1, 0.15) is 10.0 Å². The number of carbonyl (C=O) groups is 3. The smallest absolute Gasteiger partial charge is 0.256 e. The van der Waals surface area contributed by atoms with Crippen molar-refractivity contribution < 1.29 is 14.4 Å². The van der Waals surface area contributed by atoms with Gasteiger partial charge in [0.2, 0.25) is 11.8 Å². The van der Waals surface area contributed by atoms with E-state index in [1.807, 2.05) is 24.3 Å². The number of nitrogens with zero attached hydrogens (tertiary/aromatic N) is 3. The minimum absolute atomic E-state index is 0. The summed E-state index contributed by atoms with van der Waals surface area (Å²) in [5, 5.41) is 4.89. The number of aromatic nitrogens is 1. The number of amides is 3. The fourth-order valence-corrected chi connectivity index (χ4v) is 7.92. The summed E-state index contributed by atoms with van der Waals surface area (Å²) in [4.78, 5) is 47.6. The second-order valence-electron chi connectivity index (χ2n) is 10.3. The quantitative estimate of drug-likeness (QED) is 0.210. The van der Waals surface area contributed by atoms with Gasteiger partial charge in [-0.25, -0.2) is 4.98 Å². The number of benzene rings is 3. The van der Waals surface area contributed by atoms with Crippen LogP contribution in [-0.2, 0) is 29.1 Å². The van der Waals surface area contributed by atoms with Crippen LogP contribution in [0.2, 0.25) is 0 Å². The second kappa shape index (κ2) is 11.8. The summed E-state index contributed by atoms with van der Waals surface area (Å²) < 4.78 is 1.11. The van der Waals surface area contributed by atoms with Gasteiger partial charge in [-0.2, -0.15) is 0 Å². The number of carbonyl (C=O) groups excluding carboxylic acids is 3. The molecule has 1 saturated heterocycles. The van der Waals surface area contributed by atoms with E-state index in [4.69, 9.17) is 4.98 Å². The van der Waals surface area contributed by atoms with Gasteiger partial charge < -0.3 is 5.32 Å². The Morgan fingerprint density at radius 1 is 0.857 bits per heavy atom. The number of thiophene rings is 1. The van der Waals surface area contributed by atoms with E-state index in [0.29, 0.717) is 11.3 Å². The third-order valence-electron chi connectivity index (χ3n) is 7.56. The lowest BCUT2D eigenvalue weighted by atomic mass is 10.0. The van der Waals surface area contributed by atoms with Crippen LogP contribution in [0.15, 0.2) is 78.9 Å². The number of hydrogen-bond acceptors (Lipinski definition) is 7. The van der Waals surface area contributed by atoms with Crippen molar-refractivity contribution >= 4 is 73.7 Å². The number of fused-ring (bicyclic) bond motifs is 2. The molecule has 0 spiro atoms. The number of imide groups is 1. The number of nitrogens with one attached hydrogen (secondary N) is 1. The summed E-state index contributed by atoms with van der Waals surface area (Å²) in [5.74, 6) is -0.658. The van der Waals surface area contributed by atoms with Crippen molar-refractivity contribution in [2.45, 2.75) is 32.4 Å². The van der Waals surface area contributed by atoms with Gasteiger partial charge in [-0.05, 0) is 53.9 Å². The van der Waals surface area contributed by atoms with E-state index in [9.17, 15) is 14.4 Å². The third-order valence-corrected chi connectivity index (χ3v) is 9.75. The summed E-state index contributed by atoms with van der Waals surface area (Å²) in [7, 11) is 0. The fourth-order valence-electron chi connectivity index (χ4n) is 5.53. The van der Waals surface area contributed by atoms with Crippen molar-refractivity contribution in [2.24, 2.45) is 0 Å². The van der Waals surface area contributed by atoms with Crippen molar-refractivity contribution in [3.63, 3.8) is 0 Å². The Labute approximate surface area is 257 Å². The van der Waals surface area contributed by atoms with Crippen LogP contribution in [0.25, 0.3) is 20.8 Å². The Morgan fingerprint density at radius 2 is 1.57 bits per heavy atom. The number of thiazole rings is 1. The molecule has 2 aliphatic rings. The maximum atomic E-state index is 13.5. The molecule has 5 aromatic rings. The normalized spacial score (nSPS) is 15.1. The minimum atomic E-state index is -0.238. The Kier molecular flexibility index (Phi) is 7.92. The monoisotopic (exact) mass is 614 g/mol. The predicted octanol–water partition coefficient (Wildman–Crippen LogP) is 6.91. The zero-order valence-electron chi connectivity index (χ0n) is 22.5. The Bertz CT molecular complexity index is 1750. The lowest BCUT2D eigenvalue weighted by Gasteiger charge is -2.27.